The van der Waals surface area contributed by atoms with Gasteiger partial charge in [-0.05, 0) is 11.8 Å². The van der Waals surface area contributed by atoms with Gasteiger partial charge in [-0.2, -0.15) is 12.8 Å². The largest absolute Gasteiger partial charge is 0.328 e. The fourth-order valence-electron chi connectivity index (χ4n) is 1.47. The van der Waals surface area contributed by atoms with Gasteiger partial charge in [-0.15, -0.1) is 0 Å². The SMILES string of the molecule is CC1CC[CH-]CCC1C. The Labute approximate surface area is 58.7 Å². The van der Waals surface area contributed by atoms with Crippen LogP contribution in [0.25, 0.3) is 0 Å². The molecule has 0 amide bonds. The summed E-state index contributed by atoms with van der Waals surface area (Å²) < 4.78 is 0. The third-order valence-corrected chi connectivity index (χ3v) is 2.62. The minimum absolute atomic E-state index is 0.962. The van der Waals surface area contributed by atoms with Crippen molar-refractivity contribution in [2.45, 2.75) is 39.5 Å². The van der Waals surface area contributed by atoms with Gasteiger partial charge in [-0.25, -0.2) is 0 Å². The highest BCUT2D eigenvalue weighted by Gasteiger charge is 2.10. The maximum absolute atomic E-state index is 2.44. The molecule has 54 valence electrons. The van der Waals surface area contributed by atoms with Crippen LogP contribution >= 0.6 is 0 Å². The first-order valence-electron chi connectivity index (χ1n) is 4.12. The first-order valence-corrected chi connectivity index (χ1v) is 4.12. The van der Waals surface area contributed by atoms with Crippen LogP contribution < -0.4 is 0 Å². The minimum Gasteiger partial charge on any atom is -0.328 e. The minimum atomic E-state index is 0.962. The van der Waals surface area contributed by atoms with Crippen LogP contribution in [0.5, 0.6) is 0 Å². The van der Waals surface area contributed by atoms with Crippen LogP contribution in [0.4, 0.5) is 0 Å². The summed E-state index contributed by atoms with van der Waals surface area (Å²) in [5.41, 5.74) is 0. The highest BCUT2D eigenvalue weighted by molar-refractivity contribution is 4.75. The summed E-state index contributed by atoms with van der Waals surface area (Å²) in [5.74, 6) is 1.92. The summed E-state index contributed by atoms with van der Waals surface area (Å²) in [5, 5.41) is 0. The van der Waals surface area contributed by atoms with Gasteiger partial charge in [0.2, 0.25) is 0 Å². The lowest BCUT2D eigenvalue weighted by molar-refractivity contribution is 0.367. The average Bonchev–Trinajstić information content (AvgIpc) is 1.99. The fraction of sp³-hybridized carbons (Fsp3) is 0.889. The van der Waals surface area contributed by atoms with Crippen LogP contribution in [0.2, 0.25) is 0 Å². The van der Waals surface area contributed by atoms with Gasteiger partial charge in [0, 0.05) is 0 Å². The van der Waals surface area contributed by atoms with E-state index >= 15 is 0 Å². The van der Waals surface area contributed by atoms with Gasteiger partial charge in [-0.1, -0.05) is 26.7 Å². The zero-order valence-corrected chi connectivity index (χ0v) is 6.56. The molecule has 0 saturated heterocycles. The molecule has 0 nitrogen and oxygen atoms in total. The number of hydrogen-bond acceptors (Lipinski definition) is 0. The van der Waals surface area contributed by atoms with Gasteiger partial charge >= 0.3 is 0 Å². The molecule has 0 aromatic rings. The summed E-state index contributed by atoms with van der Waals surface area (Å²) in [6, 6.07) is 0. The average molecular weight is 125 g/mol. The Balaban J connectivity index is 2.32. The summed E-state index contributed by atoms with van der Waals surface area (Å²) in [7, 11) is 0. The Morgan fingerprint density at radius 3 is 1.89 bits per heavy atom. The van der Waals surface area contributed by atoms with E-state index in [0.29, 0.717) is 0 Å². The Hall–Kier alpha value is 0. The molecular formula is C9H17-. The Kier molecular flexibility index (Phi) is 2.56. The molecule has 0 heterocycles. The highest BCUT2D eigenvalue weighted by atomic mass is 14.2. The number of rotatable bonds is 0. The summed E-state index contributed by atoms with van der Waals surface area (Å²) >= 11 is 0. The molecular weight excluding hydrogens is 108 g/mol. The zero-order chi connectivity index (χ0) is 6.69. The molecule has 0 spiro atoms. The van der Waals surface area contributed by atoms with Crippen molar-refractivity contribution in [3.8, 4) is 0 Å². The van der Waals surface area contributed by atoms with Crippen LogP contribution in [0.1, 0.15) is 39.5 Å². The molecule has 0 bridgehead atoms. The lowest BCUT2D eigenvalue weighted by Gasteiger charge is -2.16. The first kappa shape index (κ1) is 7.11. The summed E-state index contributed by atoms with van der Waals surface area (Å²) in [6.45, 7) is 4.76. The van der Waals surface area contributed by atoms with Crippen molar-refractivity contribution in [2.75, 3.05) is 0 Å². The van der Waals surface area contributed by atoms with E-state index in [1.165, 1.54) is 25.7 Å². The molecule has 0 heteroatoms. The fourth-order valence-corrected chi connectivity index (χ4v) is 1.47. The standard InChI is InChI=1S/C9H17/c1-8-6-4-3-5-7-9(8)2/h3,8-9H,4-7H2,1-2H3/q-1. The highest BCUT2D eigenvalue weighted by Crippen LogP contribution is 2.26. The van der Waals surface area contributed by atoms with Crippen LogP contribution in [0.15, 0.2) is 0 Å². The van der Waals surface area contributed by atoms with Crippen molar-refractivity contribution in [3.63, 3.8) is 0 Å². The quantitative estimate of drug-likeness (QED) is 0.345. The summed E-state index contributed by atoms with van der Waals surface area (Å²) in [4.78, 5) is 0. The molecule has 2 atom stereocenters. The first-order chi connectivity index (χ1) is 4.30. The van der Waals surface area contributed by atoms with Crippen molar-refractivity contribution >= 4 is 0 Å². The smallest absolute Gasteiger partial charge is 0.0442 e. The van der Waals surface area contributed by atoms with Crippen LogP contribution in [0, 0.1) is 18.3 Å². The van der Waals surface area contributed by atoms with E-state index in [2.05, 4.69) is 20.3 Å². The predicted octanol–water partition coefficient (Wildman–Crippen LogP) is 3.04. The molecule has 0 N–H and O–H groups in total. The van der Waals surface area contributed by atoms with Gasteiger partial charge < -0.3 is 6.42 Å². The Morgan fingerprint density at radius 1 is 1.00 bits per heavy atom. The van der Waals surface area contributed by atoms with Crippen molar-refractivity contribution < 1.29 is 0 Å². The molecule has 2 unspecified atom stereocenters. The van der Waals surface area contributed by atoms with E-state index in [4.69, 9.17) is 0 Å². The molecule has 1 aliphatic carbocycles. The third-order valence-electron chi connectivity index (χ3n) is 2.62. The van der Waals surface area contributed by atoms with Crippen molar-refractivity contribution in [1.29, 1.82) is 0 Å². The lowest BCUT2D eigenvalue weighted by atomic mass is 9.92. The second-order valence-corrected chi connectivity index (χ2v) is 3.40. The van der Waals surface area contributed by atoms with Gasteiger partial charge in [0.25, 0.3) is 0 Å². The van der Waals surface area contributed by atoms with Crippen molar-refractivity contribution in [2.24, 2.45) is 11.8 Å². The van der Waals surface area contributed by atoms with E-state index in [1.54, 1.807) is 0 Å². The predicted molar refractivity (Wildman–Crippen MR) is 41.1 cm³/mol. The molecule has 0 aromatic carbocycles. The van der Waals surface area contributed by atoms with Crippen molar-refractivity contribution in [1.82, 2.24) is 0 Å². The van der Waals surface area contributed by atoms with Gasteiger partial charge in [0.1, 0.15) is 0 Å². The second-order valence-electron chi connectivity index (χ2n) is 3.40. The van der Waals surface area contributed by atoms with Gasteiger partial charge in [0.15, 0.2) is 0 Å². The molecule has 9 heavy (non-hydrogen) atoms. The topological polar surface area (TPSA) is 0 Å². The Morgan fingerprint density at radius 2 is 1.44 bits per heavy atom. The van der Waals surface area contributed by atoms with Crippen LogP contribution in [-0.4, -0.2) is 0 Å². The molecule has 0 aromatic heterocycles. The lowest BCUT2D eigenvalue weighted by Crippen LogP contribution is -2.04. The molecule has 0 radical (unpaired) electrons. The van der Waals surface area contributed by atoms with Gasteiger partial charge in [-0.3, -0.25) is 0 Å². The normalized spacial score (nSPS) is 38.0. The molecule has 1 fully saturated rings. The molecule has 0 aliphatic heterocycles. The van der Waals surface area contributed by atoms with E-state index in [-0.39, 0.29) is 0 Å². The van der Waals surface area contributed by atoms with Crippen molar-refractivity contribution in [3.05, 3.63) is 6.42 Å². The van der Waals surface area contributed by atoms with E-state index in [9.17, 15) is 0 Å². The van der Waals surface area contributed by atoms with Gasteiger partial charge in [0.05, 0.1) is 0 Å². The number of hydrogen-bond donors (Lipinski definition) is 0. The monoisotopic (exact) mass is 125 g/mol. The van der Waals surface area contributed by atoms with E-state index in [1.807, 2.05) is 0 Å². The summed E-state index contributed by atoms with van der Waals surface area (Å²) in [6.07, 6.45) is 7.99. The van der Waals surface area contributed by atoms with E-state index in [0.717, 1.165) is 11.8 Å². The van der Waals surface area contributed by atoms with Crippen LogP contribution in [-0.2, 0) is 0 Å². The maximum atomic E-state index is 2.44. The second kappa shape index (κ2) is 3.24. The van der Waals surface area contributed by atoms with E-state index < -0.39 is 0 Å². The maximum Gasteiger partial charge on any atom is -0.0442 e. The molecule has 1 aliphatic rings. The zero-order valence-electron chi connectivity index (χ0n) is 6.56. The molecule has 1 rings (SSSR count). The van der Waals surface area contributed by atoms with Crippen LogP contribution in [0.3, 0.4) is 0 Å². The Bertz CT molecular complexity index is 66.1. The molecule has 1 saturated carbocycles. The third kappa shape index (κ3) is 2.00.